The largest absolute Gasteiger partial charge is 0.493 e. The number of likely N-dealkylation sites (tertiary alicyclic amines) is 1. The standard InChI is InChI=1S/C30H34Cl2N6O3/c1-36(2)12-4-5-13-37-14-6-7-20(17-37)38-18-22(27-28(38)30(39)35-34-29(27)33)19-8-11-25(26(15-19)40-3)41-21-9-10-23(31)24(32)16-21/h4-5,8-11,15-16,18,20H,6-7,12-14,17H2,1-3H3,(H2,33,34)(H,35,39)/b5-4+/t20-/m1/s1. The molecule has 2 aromatic heterocycles. The number of fused-ring (bicyclic) bond motifs is 1. The number of hydrogen-bond donors (Lipinski definition) is 2. The highest BCUT2D eigenvalue weighted by molar-refractivity contribution is 6.42. The number of rotatable bonds is 9. The first kappa shape index (κ1) is 29.0. The summed E-state index contributed by atoms with van der Waals surface area (Å²) in [5, 5.41) is 8.12. The number of aromatic amines is 1. The van der Waals surface area contributed by atoms with Gasteiger partial charge in [0.15, 0.2) is 17.3 Å². The van der Waals surface area contributed by atoms with Gasteiger partial charge in [-0.15, -0.1) is 0 Å². The molecule has 9 nitrogen and oxygen atoms in total. The number of piperidine rings is 1. The van der Waals surface area contributed by atoms with E-state index < -0.39 is 0 Å². The summed E-state index contributed by atoms with van der Waals surface area (Å²) in [7, 11) is 5.69. The van der Waals surface area contributed by atoms with E-state index in [1.54, 1.807) is 25.3 Å². The van der Waals surface area contributed by atoms with Gasteiger partial charge in [0.25, 0.3) is 5.56 Å². The highest BCUT2D eigenvalue weighted by atomic mass is 35.5. The van der Waals surface area contributed by atoms with Crippen LogP contribution in [-0.2, 0) is 0 Å². The van der Waals surface area contributed by atoms with Crippen LogP contribution in [0.2, 0.25) is 10.0 Å². The molecule has 1 saturated heterocycles. The Balaban J connectivity index is 1.49. The highest BCUT2D eigenvalue weighted by Gasteiger charge is 2.26. The van der Waals surface area contributed by atoms with E-state index in [0.29, 0.717) is 38.2 Å². The van der Waals surface area contributed by atoms with E-state index in [0.717, 1.165) is 50.1 Å². The van der Waals surface area contributed by atoms with Crippen LogP contribution in [0.15, 0.2) is 59.5 Å². The minimum Gasteiger partial charge on any atom is -0.493 e. The van der Waals surface area contributed by atoms with E-state index in [1.165, 1.54) is 0 Å². The summed E-state index contributed by atoms with van der Waals surface area (Å²) in [5.41, 5.74) is 8.26. The number of aromatic nitrogens is 3. The van der Waals surface area contributed by atoms with Crippen molar-refractivity contribution in [3.8, 4) is 28.4 Å². The molecule has 2 aromatic carbocycles. The average Bonchev–Trinajstić information content (AvgIpc) is 3.38. The zero-order chi connectivity index (χ0) is 29.1. The first-order chi connectivity index (χ1) is 19.7. The third kappa shape index (κ3) is 6.38. The predicted octanol–water partition coefficient (Wildman–Crippen LogP) is 5.84. The van der Waals surface area contributed by atoms with E-state index in [9.17, 15) is 4.79 Å². The van der Waals surface area contributed by atoms with Crippen molar-refractivity contribution in [3.05, 3.63) is 75.1 Å². The SMILES string of the molecule is COc1cc(-c2cn([C@@H]3CCCN(C/C=C/CN(C)C)C3)c3c(=O)[nH]nc(N)c23)ccc1Oc1ccc(Cl)c(Cl)c1. The molecule has 0 saturated carbocycles. The summed E-state index contributed by atoms with van der Waals surface area (Å²) >= 11 is 12.2. The van der Waals surface area contributed by atoms with E-state index >= 15 is 0 Å². The molecule has 0 unspecified atom stereocenters. The lowest BCUT2D eigenvalue weighted by Crippen LogP contribution is -2.37. The second-order valence-electron chi connectivity index (χ2n) is 10.4. The number of nitrogen functional groups attached to an aromatic ring is 1. The maximum Gasteiger partial charge on any atom is 0.288 e. The number of nitrogens with one attached hydrogen (secondary N) is 1. The van der Waals surface area contributed by atoms with Crippen molar-refractivity contribution in [1.29, 1.82) is 0 Å². The van der Waals surface area contributed by atoms with Crippen LogP contribution >= 0.6 is 23.2 Å². The van der Waals surface area contributed by atoms with Gasteiger partial charge in [-0.3, -0.25) is 9.69 Å². The number of ether oxygens (including phenoxy) is 2. The maximum absolute atomic E-state index is 13.1. The van der Waals surface area contributed by atoms with Crippen LogP contribution in [0.4, 0.5) is 5.82 Å². The quantitative estimate of drug-likeness (QED) is 0.234. The fourth-order valence-electron chi connectivity index (χ4n) is 5.26. The van der Waals surface area contributed by atoms with Gasteiger partial charge in [0.05, 0.1) is 22.5 Å². The third-order valence-corrected chi connectivity index (χ3v) is 7.99. The van der Waals surface area contributed by atoms with E-state index in [2.05, 4.69) is 50.8 Å². The van der Waals surface area contributed by atoms with Gasteiger partial charge >= 0.3 is 0 Å². The smallest absolute Gasteiger partial charge is 0.288 e. The number of halogens is 2. The summed E-state index contributed by atoms with van der Waals surface area (Å²) in [4.78, 5) is 17.7. The van der Waals surface area contributed by atoms with Crippen molar-refractivity contribution < 1.29 is 9.47 Å². The van der Waals surface area contributed by atoms with Gasteiger partial charge in [-0.1, -0.05) is 41.4 Å². The first-order valence-electron chi connectivity index (χ1n) is 13.5. The molecule has 0 spiro atoms. The first-order valence-corrected chi connectivity index (χ1v) is 14.2. The van der Waals surface area contributed by atoms with E-state index in [4.69, 9.17) is 38.4 Å². The molecule has 41 heavy (non-hydrogen) atoms. The molecule has 0 amide bonds. The van der Waals surface area contributed by atoms with E-state index in [-0.39, 0.29) is 17.4 Å². The molecule has 1 aliphatic heterocycles. The van der Waals surface area contributed by atoms with Crippen LogP contribution in [0.5, 0.6) is 17.2 Å². The molecular weight excluding hydrogens is 563 g/mol. The third-order valence-electron chi connectivity index (χ3n) is 7.25. The molecule has 216 valence electrons. The Bertz CT molecular complexity index is 1630. The van der Waals surface area contributed by atoms with Gasteiger partial charge in [0, 0.05) is 43.5 Å². The van der Waals surface area contributed by atoms with Gasteiger partial charge < -0.3 is 24.7 Å². The fourth-order valence-corrected chi connectivity index (χ4v) is 5.55. The zero-order valence-corrected chi connectivity index (χ0v) is 24.9. The summed E-state index contributed by atoms with van der Waals surface area (Å²) in [6, 6.07) is 10.8. The normalized spacial score (nSPS) is 16.2. The summed E-state index contributed by atoms with van der Waals surface area (Å²) in [5.74, 6) is 1.81. The number of benzene rings is 2. The molecule has 0 radical (unpaired) electrons. The van der Waals surface area contributed by atoms with Crippen molar-refractivity contribution in [2.75, 3.05) is 53.1 Å². The monoisotopic (exact) mass is 596 g/mol. The summed E-state index contributed by atoms with van der Waals surface area (Å²) in [6.07, 6.45) is 8.41. The lowest BCUT2D eigenvalue weighted by atomic mass is 10.0. The fraction of sp³-hybridized carbons (Fsp3) is 0.333. The number of methoxy groups -OCH3 is 1. The second-order valence-corrected chi connectivity index (χ2v) is 11.3. The van der Waals surface area contributed by atoms with Crippen molar-refractivity contribution in [2.45, 2.75) is 18.9 Å². The Morgan fingerprint density at radius 3 is 2.73 bits per heavy atom. The van der Waals surface area contributed by atoms with Crippen LogP contribution in [0.1, 0.15) is 18.9 Å². The topological polar surface area (TPSA) is 102 Å². The summed E-state index contributed by atoms with van der Waals surface area (Å²) in [6.45, 7) is 3.63. The van der Waals surface area contributed by atoms with Crippen LogP contribution in [0.3, 0.4) is 0 Å². The summed E-state index contributed by atoms with van der Waals surface area (Å²) < 4.78 is 13.8. The Morgan fingerprint density at radius 1 is 1.15 bits per heavy atom. The van der Waals surface area contributed by atoms with Gasteiger partial charge in [-0.2, -0.15) is 5.10 Å². The molecule has 1 atom stereocenters. The number of nitrogens with two attached hydrogens (primary N) is 1. The molecular formula is C30H34Cl2N6O3. The molecule has 4 aromatic rings. The van der Waals surface area contributed by atoms with Gasteiger partial charge in [-0.25, -0.2) is 5.10 Å². The lowest BCUT2D eigenvalue weighted by Gasteiger charge is -2.33. The van der Waals surface area contributed by atoms with Crippen molar-refractivity contribution in [3.63, 3.8) is 0 Å². The number of anilines is 1. The van der Waals surface area contributed by atoms with Crippen LogP contribution in [-0.4, -0.2) is 71.9 Å². The zero-order valence-electron chi connectivity index (χ0n) is 23.4. The van der Waals surface area contributed by atoms with Gasteiger partial charge in [-0.05, 0) is 63.3 Å². The molecule has 1 fully saturated rings. The van der Waals surface area contributed by atoms with Crippen molar-refractivity contribution in [1.82, 2.24) is 24.6 Å². The molecule has 3 heterocycles. The Labute approximate surface area is 249 Å². The van der Waals surface area contributed by atoms with Crippen molar-refractivity contribution >= 4 is 39.9 Å². The van der Waals surface area contributed by atoms with Crippen LogP contribution in [0, 0.1) is 0 Å². The molecule has 0 aliphatic carbocycles. The molecule has 1 aliphatic rings. The molecule has 3 N–H and O–H groups in total. The van der Waals surface area contributed by atoms with Gasteiger partial charge in [0.1, 0.15) is 11.3 Å². The van der Waals surface area contributed by atoms with Crippen LogP contribution in [0.25, 0.3) is 22.0 Å². The minimum atomic E-state index is -0.269. The van der Waals surface area contributed by atoms with Gasteiger partial charge in [0.2, 0.25) is 0 Å². The second kappa shape index (κ2) is 12.6. The Hall–Kier alpha value is -3.50. The lowest BCUT2D eigenvalue weighted by molar-refractivity contribution is 0.196. The van der Waals surface area contributed by atoms with Crippen molar-refractivity contribution in [2.24, 2.45) is 0 Å². The maximum atomic E-state index is 13.1. The molecule has 0 bridgehead atoms. The number of likely N-dealkylation sites (N-methyl/N-ethyl adjacent to an activating group) is 1. The van der Waals surface area contributed by atoms with Crippen LogP contribution < -0.4 is 20.8 Å². The number of hydrogen-bond acceptors (Lipinski definition) is 7. The molecule has 5 rings (SSSR count). The number of nitrogens with zero attached hydrogens (tertiary/aromatic N) is 4. The Morgan fingerprint density at radius 2 is 1.98 bits per heavy atom. The highest BCUT2D eigenvalue weighted by Crippen LogP contribution is 2.40. The minimum absolute atomic E-state index is 0.115. The predicted molar refractivity (Wildman–Crippen MR) is 166 cm³/mol. The Kier molecular flexibility index (Phi) is 8.89. The average molecular weight is 598 g/mol. The number of H-pyrrole nitrogens is 1. The molecule has 11 heteroatoms. The van der Waals surface area contributed by atoms with E-state index in [1.807, 2.05) is 24.4 Å².